The first-order chi connectivity index (χ1) is 7.99. The Labute approximate surface area is 102 Å². The van der Waals surface area contributed by atoms with Gasteiger partial charge in [0.15, 0.2) is 0 Å². The molecule has 3 heteroatoms. The van der Waals surface area contributed by atoms with Gasteiger partial charge in [0.25, 0.3) is 0 Å². The highest BCUT2D eigenvalue weighted by Gasteiger charge is 2.17. The van der Waals surface area contributed by atoms with E-state index in [9.17, 15) is 15.3 Å². The molecule has 0 aliphatic heterocycles. The van der Waals surface area contributed by atoms with Crippen molar-refractivity contribution in [2.24, 2.45) is 0 Å². The number of rotatable bonds is 5. The summed E-state index contributed by atoms with van der Waals surface area (Å²) in [4.78, 5) is 0. The quantitative estimate of drug-likeness (QED) is 0.685. The van der Waals surface area contributed by atoms with Crippen LogP contribution in [0.5, 0.6) is 17.2 Å². The normalized spacial score (nSPS) is 10.5. The van der Waals surface area contributed by atoms with Gasteiger partial charge in [0.2, 0.25) is 0 Å². The number of benzene rings is 1. The minimum Gasteiger partial charge on any atom is -0.507 e. The van der Waals surface area contributed by atoms with Gasteiger partial charge in [0.05, 0.1) is 5.56 Å². The predicted octanol–water partition coefficient (Wildman–Crippen LogP) is 3.57. The Morgan fingerprint density at radius 1 is 1.18 bits per heavy atom. The molecule has 0 aromatic heterocycles. The molecule has 17 heavy (non-hydrogen) atoms. The fraction of sp³-hybridized carbons (Fsp3) is 0.429. The highest BCUT2D eigenvalue weighted by Crippen LogP contribution is 2.41. The Morgan fingerprint density at radius 3 is 2.35 bits per heavy atom. The molecule has 0 heterocycles. The summed E-state index contributed by atoms with van der Waals surface area (Å²) in [7, 11) is 0. The minimum atomic E-state index is -0.133. The van der Waals surface area contributed by atoms with Crippen LogP contribution in [-0.2, 0) is 6.42 Å². The van der Waals surface area contributed by atoms with Gasteiger partial charge in [-0.1, -0.05) is 26.3 Å². The van der Waals surface area contributed by atoms with Crippen molar-refractivity contribution < 1.29 is 15.3 Å². The van der Waals surface area contributed by atoms with Gasteiger partial charge < -0.3 is 15.3 Å². The maximum absolute atomic E-state index is 10.0. The number of phenols is 3. The summed E-state index contributed by atoms with van der Waals surface area (Å²) in [6.45, 7) is 7.52. The van der Waals surface area contributed by atoms with Crippen molar-refractivity contribution in [3.63, 3.8) is 0 Å². The second-order valence-corrected chi connectivity index (χ2v) is 4.35. The number of hydrogen-bond donors (Lipinski definition) is 3. The van der Waals surface area contributed by atoms with E-state index in [4.69, 9.17) is 0 Å². The van der Waals surface area contributed by atoms with Crippen molar-refractivity contribution in [1.29, 1.82) is 0 Å². The molecule has 1 aromatic rings. The molecule has 94 valence electrons. The van der Waals surface area contributed by atoms with E-state index < -0.39 is 0 Å². The van der Waals surface area contributed by atoms with Crippen LogP contribution in [0.1, 0.15) is 44.2 Å². The molecule has 0 unspecified atom stereocenters. The van der Waals surface area contributed by atoms with E-state index in [1.54, 1.807) is 6.92 Å². The summed E-state index contributed by atoms with van der Waals surface area (Å²) < 4.78 is 0. The van der Waals surface area contributed by atoms with Gasteiger partial charge in [-0.25, -0.2) is 0 Å². The molecule has 0 fully saturated rings. The van der Waals surface area contributed by atoms with Crippen molar-refractivity contribution in [3.05, 3.63) is 23.8 Å². The standard InChI is InChI=1S/C14H20O3/c1-4-5-6-7-10-11(15)8-12(16)13(9(2)3)14(10)17/h8,15-17H,2,4-7H2,1,3H3. The average molecular weight is 236 g/mol. The highest BCUT2D eigenvalue weighted by atomic mass is 16.3. The lowest BCUT2D eigenvalue weighted by atomic mass is 9.98. The molecule has 0 saturated carbocycles. The molecule has 0 spiro atoms. The molecule has 0 atom stereocenters. The molecule has 0 bridgehead atoms. The van der Waals surface area contributed by atoms with Crippen molar-refractivity contribution in [1.82, 2.24) is 0 Å². The SMILES string of the molecule is C=C(C)c1c(O)cc(O)c(CCCCC)c1O. The van der Waals surface area contributed by atoms with Gasteiger partial charge in [0, 0.05) is 11.6 Å². The number of aromatic hydroxyl groups is 3. The van der Waals surface area contributed by atoms with Gasteiger partial charge >= 0.3 is 0 Å². The zero-order valence-corrected chi connectivity index (χ0v) is 10.5. The van der Waals surface area contributed by atoms with Gasteiger partial charge in [-0.05, 0) is 25.3 Å². The summed E-state index contributed by atoms with van der Waals surface area (Å²) in [6.07, 6.45) is 3.62. The fourth-order valence-corrected chi connectivity index (χ4v) is 1.90. The van der Waals surface area contributed by atoms with Crippen molar-refractivity contribution in [2.75, 3.05) is 0 Å². The second kappa shape index (κ2) is 5.62. The molecular formula is C14H20O3. The Morgan fingerprint density at radius 2 is 1.82 bits per heavy atom. The van der Waals surface area contributed by atoms with E-state index >= 15 is 0 Å². The molecule has 0 aliphatic carbocycles. The second-order valence-electron chi connectivity index (χ2n) is 4.35. The first-order valence-electron chi connectivity index (χ1n) is 5.91. The van der Waals surface area contributed by atoms with E-state index in [0.717, 1.165) is 19.3 Å². The average Bonchev–Trinajstić information content (AvgIpc) is 2.21. The van der Waals surface area contributed by atoms with Gasteiger partial charge in [0.1, 0.15) is 17.2 Å². The van der Waals surface area contributed by atoms with Crippen molar-refractivity contribution in [3.8, 4) is 17.2 Å². The minimum absolute atomic E-state index is 0.0499. The van der Waals surface area contributed by atoms with Crippen LogP contribution in [0.15, 0.2) is 12.6 Å². The maximum atomic E-state index is 10.0. The molecule has 0 radical (unpaired) electrons. The molecule has 3 nitrogen and oxygen atoms in total. The first-order valence-corrected chi connectivity index (χ1v) is 5.91. The lowest BCUT2D eigenvalue weighted by Crippen LogP contribution is -1.92. The molecular weight excluding hydrogens is 216 g/mol. The Bertz CT molecular complexity index is 422. The summed E-state index contributed by atoms with van der Waals surface area (Å²) in [5, 5.41) is 29.4. The van der Waals surface area contributed by atoms with Crippen LogP contribution in [0.4, 0.5) is 0 Å². The van der Waals surface area contributed by atoms with E-state index in [-0.39, 0.29) is 17.2 Å². The predicted molar refractivity (Wildman–Crippen MR) is 69.4 cm³/mol. The number of hydrogen-bond acceptors (Lipinski definition) is 3. The fourth-order valence-electron chi connectivity index (χ4n) is 1.90. The maximum Gasteiger partial charge on any atom is 0.133 e. The molecule has 3 N–H and O–H groups in total. The summed E-state index contributed by atoms with van der Waals surface area (Å²) >= 11 is 0. The Kier molecular flexibility index (Phi) is 4.44. The third-order valence-electron chi connectivity index (χ3n) is 2.82. The third kappa shape index (κ3) is 2.93. The van der Waals surface area contributed by atoms with Gasteiger partial charge in [-0.2, -0.15) is 0 Å². The highest BCUT2D eigenvalue weighted by molar-refractivity contribution is 5.75. The van der Waals surface area contributed by atoms with Crippen LogP contribution < -0.4 is 0 Å². The molecule has 0 amide bonds. The smallest absolute Gasteiger partial charge is 0.133 e. The zero-order valence-electron chi connectivity index (χ0n) is 10.5. The van der Waals surface area contributed by atoms with Crippen LogP contribution in [0.3, 0.4) is 0 Å². The van der Waals surface area contributed by atoms with E-state index in [1.807, 2.05) is 0 Å². The largest absolute Gasteiger partial charge is 0.507 e. The van der Waals surface area contributed by atoms with Crippen molar-refractivity contribution in [2.45, 2.75) is 39.5 Å². The van der Waals surface area contributed by atoms with Gasteiger partial charge in [-0.15, -0.1) is 0 Å². The molecule has 0 aliphatic rings. The third-order valence-corrected chi connectivity index (χ3v) is 2.82. The van der Waals surface area contributed by atoms with Crippen LogP contribution in [0, 0.1) is 0 Å². The monoisotopic (exact) mass is 236 g/mol. The van der Waals surface area contributed by atoms with E-state index in [1.165, 1.54) is 6.07 Å². The zero-order chi connectivity index (χ0) is 13.0. The Balaban J connectivity index is 3.12. The van der Waals surface area contributed by atoms with Crippen LogP contribution in [0.25, 0.3) is 5.57 Å². The number of allylic oxidation sites excluding steroid dienone is 1. The van der Waals surface area contributed by atoms with Crippen LogP contribution in [-0.4, -0.2) is 15.3 Å². The molecule has 1 aromatic carbocycles. The van der Waals surface area contributed by atoms with E-state index in [0.29, 0.717) is 23.1 Å². The Hall–Kier alpha value is -1.64. The summed E-state index contributed by atoms with van der Waals surface area (Å²) in [5.41, 5.74) is 1.40. The lowest BCUT2D eigenvalue weighted by Gasteiger charge is -2.13. The summed E-state index contributed by atoms with van der Waals surface area (Å²) in [5.74, 6) is -0.237. The number of phenolic OH excluding ortho intramolecular Hbond substituents is 3. The molecule has 1 rings (SSSR count). The number of unbranched alkanes of at least 4 members (excludes halogenated alkanes) is 2. The van der Waals surface area contributed by atoms with Crippen molar-refractivity contribution >= 4 is 5.57 Å². The van der Waals surface area contributed by atoms with Crippen LogP contribution in [0.2, 0.25) is 0 Å². The lowest BCUT2D eigenvalue weighted by molar-refractivity contribution is 0.415. The first kappa shape index (κ1) is 13.4. The topological polar surface area (TPSA) is 60.7 Å². The van der Waals surface area contributed by atoms with E-state index in [2.05, 4.69) is 13.5 Å². The summed E-state index contributed by atoms with van der Waals surface area (Å²) in [6, 6.07) is 1.27. The van der Waals surface area contributed by atoms with Gasteiger partial charge in [-0.3, -0.25) is 0 Å². The molecule has 0 saturated heterocycles. The van der Waals surface area contributed by atoms with Crippen LogP contribution >= 0.6 is 0 Å².